The second-order valence-electron chi connectivity index (χ2n) is 4.76. The van der Waals surface area contributed by atoms with Gasteiger partial charge in [-0.15, -0.1) is 0 Å². The second-order valence-corrected chi connectivity index (χ2v) is 4.76. The zero-order valence-electron chi connectivity index (χ0n) is 11.8. The minimum atomic E-state index is -0.312. The predicted molar refractivity (Wildman–Crippen MR) is 76.6 cm³/mol. The topological polar surface area (TPSA) is 34.1 Å². The van der Waals surface area contributed by atoms with Crippen molar-refractivity contribution in [3.05, 3.63) is 65.2 Å². The van der Waals surface area contributed by atoms with Gasteiger partial charge in [0.2, 0.25) is 0 Å². The third kappa shape index (κ3) is 4.11. The summed E-state index contributed by atoms with van der Waals surface area (Å²) in [5.41, 5.74) is 3.17. The van der Waals surface area contributed by atoms with E-state index in [4.69, 9.17) is 4.74 Å². The van der Waals surface area contributed by atoms with Crippen LogP contribution in [0.15, 0.2) is 42.6 Å². The minimum absolute atomic E-state index is 0.0710. The fraction of sp³-hybridized carbons (Fsp3) is 0.312. The molecule has 1 aromatic heterocycles. The van der Waals surface area contributed by atoms with Crippen molar-refractivity contribution in [1.82, 2.24) is 10.3 Å². The molecule has 0 aliphatic rings. The van der Waals surface area contributed by atoms with Crippen LogP contribution in [0.5, 0.6) is 0 Å². The molecule has 0 spiro atoms. The molecule has 0 aliphatic heterocycles. The molecule has 1 heterocycles. The Kier molecular flexibility index (Phi) is 5.21. The summed E-state index contributed by atoms with van der Waals surface area (Å²) < 4.78 is 17.9. The Morgan fingerprint density at radius 2 is 2.05 bits per heavy atom. The lowest BCUT2D eigenvalue weighted by molar-refractivity contribution is 0.185. The summed E-state index contributed by atoms with van der Waals surface area (Å²) in [7, 11) is 1.69. The minimum Gasteiger partial charge on any atom is -0.380 e. The van der Waals surface area contributed by atoms with Crippen LogP contribution < -0.4 is 5.32 Å². The van der Waals surface area contributed by atoms with E-state index in [1.807, 2.05) is 19.1 Å². The van der Waals surface area contributed by atoms with Gasteiger partial charge >= 0.3 is 0 Å². The maximum Gasteiger partial charge on any atom is 0.141 e. The number of halogens is 1. The van der Waals surface area contributed by atoms with E-state index < -0.39 is 0 Å². The van der Waals surface area contributed by atoms with E-state index in [9.17, 15) is 4.39 Å². The van der Waals surface area contributed by atoms with E-state index in [1.54, 1.807) is 13.2 Å². The number of pyridine rings is 1. The van der Waals surface area contributed by atoms with Crippen LogP contribution in [0.25, 0.3) is 0 Å². The normalized spacial score (nSPS) is 12.3. The molecule has 0 bridgehead atoms. The van der Waals surface area contributed by atoms with Crippen molar-refractivity contribution in [3.8, 4) is 0 Å². The Labute approximate surface area is 118 Å². The smallest absolute Gasteiger partial charge is 0.141 e. The van der Waals surface area contributed by atoms with Crippen LogP contribution in [-0.4, -0.2) is 12.1 Å². The Balaban J connectivity index is 1.94. The van der Waals surface area contributed by atoms with E-state index >= 15 is 0 Å². The number of nitrogens with zero attached hydrogens (tertiary/aromatic N) is 1. The quantitative estimate of drug-likeness (QED) is 0.878. The third-order valence-electron chi connectivity index (χ3n) is 3.11. The van der Waals surface area contributed by atoms with Crippen LogP contribution in [-0.2, 0) is 17.9 Å². The summed E-state index contributed by atoms with van der Waals surface area (Å²) in [4.78, 5) is 4.08. The van der Waals surface area contributed by atoms with Gasteiger partial charge in [-0.3, -0.25) is 4.98 Å². The first-order chi connectivity index (χ1) is 9.69. The summed E-state index contributed by atoms with van der Waals surface area (Å²) in [5.74, 6) is -0.312. The lowest BCUT2D eigenvalue weighted by Crippen LogP contribution is -2.19. The number of methoxy groups -OCH3 is 1. The number of rotatable bonds is 6. The van der Waals surface area contributed by atoms with Gasteiger partial charge in [0.25, 0.3) is 0 Å². The average molecular weight is 274 g/mol. The highest BCUT2D eigenvalue weighted by Crippen LogP contribution is 2.12. The van der Waals surface area contributed by atoms with Crippen LogP contribution in [0.2, 0.25) is 0 Å². The van der Waals surface area contributed by atoms with Crippen molar-refractivity contribution in [2.45, 2.75) is 26.1 Å². The highest BCUT2D eigenvalue weighted by atomic mass is 19.1. The van der Waals surface area contributed by atoms with Crippen molar-refractivity contribution in [1.29, 1.82) is 0 Å². The van der Waals surface area contributed by atoms with E-state index in [0.29, 0.717) is 6.61 Å². The molecule has 0 radical (unpaired) electrons. The Morgan fingerprint density at radius 1 is 1.25 bits per heavy atom. The van der Waals surface area contributed by atoms with Gasteiger partial charge in [0.1, 0.15) is 5.82 Å². The van der Waals surface area contributed by atoms with Gasteiger partial charge in [-0.1, -0.05) is 24.3 Å². The maximum absolute atomic E-state index is 12.8. The van der Waals surface area contributed by atoms with Crippen molar-refractivity contribution in [2.75, 3.05) is 7.11 Å². The predicted octanol–water partition coefficient (Wildman–Crippen LogP) is 3.22. The van der Waals surface area contributed by atoms with Gasteiger partial charge in [0, 0.05) is 19.7 Å². The molecular weight excluding hydrogens is 255 g/mol. The number of hydrogen-bond donors (Lipinski definition) is 1. The monoisotopic (exact) mass is 274 g/mol. The molecule has 0 aliphatic carbocycles. The highest BCUT2D eigenvalue weighted by molar-refractivity contribution is 5.23. The molecular formula is C16H19FN2O. The van der Waals surface area contributed by atoms with Crippen molar-refractivity contribution < 1.29 is 9.13 Å². The lowest BCUT2D eigenvalue weighted by Gasteiger charge is -2.13. The summed E-state index contributed by atoms with van der Waals surface area (Å²) in [6.45, 7) is 3.36. The molecule has 0 saturated carbocycles. The first kappa shape index (κ1) is 14.6. The SMILES string of the molecule is COCc1cccc(CNC(C)c2ccc(F)cn2)c1. The van der Waals surface area contributed by atoms with Gasteiger partial charge in [0.15, 0.2) is 0 Å². The molecule has 0 saturated heterocycles. The molecule has 2 rings (SSSR count). The van der Waals surface area contributed by atoms with Gasteiger partial charge in [-0.25, -0.2) is 4.39 Å². The zero-order chi connectivity index (χ0) is 14.4. The van der Waals surface area contributed by atoms with Crippen molar-refractivity contribution in [2.24, 2.45) is 0 Å². The van der Waals surface area contributed by atoms with Gasteiger partial charge in [-0.05, 0) is 30.2 Å². The number of aromatic nitrogens is 1. The molecule has 1 atom stereocenters. The summed E-state index contributed by atoms with van der Waals surface area (Å²) in [6, 6.07) is 11.4. The summed E-state index contributed by atoms with van der Waals surface area (Å²) in [6.07, 6.45) is 1.24. The van der Waals surface area contributed by atoms with Crippen molar-refractivity contribution in [3.63, 3.8) is 0 Å². The number of benzene rings is 1. The molecule has 4 heteroatoms. The highest BCUT2D eigenvalue weighted by Gasteiger charge is 2.06. The fourth-order valence-electron chi connectivity index (χ4n) is 2.01. The molecule has 1 N–H and O–H groups in total. The van der Waals surface area contributed by atoms with Crippen LogP contribution in [0, 0.1) is 5.82 Å². The molecule has 2 aromatic rings. The zero-order valence-corrected chi connectivity index (χ0v) is 11.8. The maximum atomic E-state index is 12.8. The van der Waals surface area contributed by atoms with Crippen LogP contribution in [0.3, 0.4) is 0 Å². The van der Waals surface area contributed by atoms with Crippen LogP contribution >= 0.6 is 0 Å². The molecule has 0 amide bonds. The molecule has 3 nitrogen and oxygen atoms in total. The van der Waals surface area contributed by atoms with Gasteiger partial charge in [0.05, 0.1) is 18.5 Å². The van der Waals surface area contributed by atoms with Crippen LogP contribution in [0.1, 0.15) is 29.8 Å². The summed E-state index contributed by atoms with van der Waals surface area (Å²) >= 11 is 0. The third-order valence-corrected chi connectivity index (χ3v) is 3.11. The first-order valence-electron chi connectivity index (χ1n) is 6.60. The number of hydrogen-bond acceptors (Lipinski definition) is 3. The van der Waals surface area contributed by atoms with Gasteiger partial charge in [-0.2, -0.15) is 0 Å². The Hall–Kier alpha value is -1.78. The van der Waals surface area contributed by atoms with E-state index in [1.165, 1.54) is 17.8 Å². The standard InChI is InChI=1S/C16H19FN2O/c1-12(16-7-6-15(17)10-19-16)18-9-13-4-3-5-14(8-13)11-20-2/h3-8,10,12,18H,9,11H2,1-2H3. The molecule has 0 fully saturated rings. The lowest BCUT2D eigenvalue weighted by atomic mass is 10.1. The van der Waals surface area contributed by atoms with E-state index in [-0.39, 0.29) is 11.9 Å². The summed E-state index contributed by atoms with van der Waals surface area (Å²) in [5, 5.41) is 3.38. The van der Waals surface area contributed by atoms with E-state index in [2.05, 4.69) is 22.4 Å². The number of ether oxygens (including phenoxy) is 1. The molecule has 20 heavy (non-hydrogen) atoms. The van der Waals surface area contributed by atoms with E-state index in [0.717, 1.165) is 17.8 Å². The van der Waals surface area contributed by atoms with Crippen molar-refractivity contribution >= 4 is 0 Å². The first-order valence-corrected chi connectivity index (χ1v) is 6.60. The van der Waals surface area contributed by atoms with Gasteiger partial charge < -0.3 is 10.1 Å². The Bertz CT molecular complexity index is 542. The Morgan fingerprint density at radius 3 is 2.75 bits per heavy atom. The molecule has 1 aromatic carbocycles. The second kappa shape index (κ2) is 7.12. The largest absolute Gasteiger partial charge is 0.380 e. The average Bonchev–Trinajstić information content (AvgIpc) is 2.46. The molecule has 106 valence electrons. The fourth-order valence-corrected chi connectivity index (χ4v) is 2.01. The number of nitrogens with one attached hydrogen (secondary N) is 1. The van der Waals surface area contributed by atoms with Crippen LogP contribution in [0.4, 0.5) is 4.39 Å². The molecule has 1 unspecified atom stereocenters.